The maximum atomic E-state index is 11.7. The molecule has 5 nitrogen and oxygen atoms in total. The highest BCUT2D eigenvalue weighted by atomic mass is 16.5. The van der Waals surface area contributed by atoms with E-state index in [0.29, 0.717) is 13.2 Å². The molecule has 0 fully saturated rings. The third-order valence-electron chi connectivity index (χ3n) is 2.47. The van der Waals surface area contributed by atoms with Gasteiger partial charge < -0.3 is 20.5 Å². The second-order valence-corrected chi connectivity index (χ2v) is 3.99. The molecule has 0 aliphatic rings. The highest BCUT2D eigenvalue weighted by Gasteiger charge is 2.13. The number of ether oxygens (including phenoxy) is 2. The topological polar surface area (TPSA) is 73.6 Å². The largest absolute Gasteiger partial charge is 0.489 e. The maximum Gasteiger partial charge on any atom is 0.239 e. The number of para-hydroxylation sites is 1. The zero-order valence-corrected chi connectivity index (χ0v) is 11.1. The van der Waals surface area contributed by atoms with Gasteiger partial charge in [-0.3, -0.25) is 4.79 Å². The molecule has 0 saturated carbocycles. The average molecular weight is 264 g/mol. The van der Waals surface area contributed by atoms with E-state index in [1.807, 2.05) is 24.3 Å². The van der Waals surface area contributed by atoms with Crippen LogP contribution >= 0.6 is 0 Å². The number of hydrogen-bond donors (Lipinski definition) is 2. The molecule has 104 valence electrons. The SMILES string of the molecule is C=CCOc1ccccc1CNC(=O)C(N)COC. The van der Waals surface area contributed by atoms with Crippen LogP contribution < -0.4 is 15.8 Å². The maximum absolute atomic E-state index is 11.7. The fourth-order valence-electron chi connectivity index (χ4n) is 1.51. The third-order valence-corrected chi connectivity index (χ3v) is 2.47. The van der Waals surface area contributed by atoms with Gasteiger partial charge in [0, 0.05) is 19.2 Å². The van der Waals surface area contributed by atoms with Crippen molar-refractivity contribution in [2.24, 2.45) is 5.73 Å². The minimum atomic E-state index is -0.661. The van der Waals surface area contributed by atoms with Crippen LogP contribution in [0.15, 0.2) is 36.9 Å². The smallest absolute Gasteiger partial charge is 0.239 e. The molecule has 1 atom stereocenters. The van der Waals surface area contributed by atoms with E-state index in [9.17, 15) is 4.79 Å². The van der Waals surface area contributed by atoms with Crippen LogP contribution in [0.25, 0.3) is 0 Å². The van der Waals surface area contributed by atoms with Gasteiger partial charge in [0.05, 0.1) is 6.61 Å². The first-order chi connectivity index (χ1) is 9.19. The van der Waals surface area contributed by atoms with Crippen molar-refractivity contribution < 1.29 is 14.3 Å². The molecular weight excluding hydrogens is 244 g/mol. The molecule has 0 aromatic heterocycles. The van der Waals surface area contributed by atoms with E-state index in [2.05, 4.69) is 11.9 Å². The summed E-state index contributed by atoms with van der Waals surface area (Å²) in [6, 6.07) is 6.84. The van der Waals surface area contributed by atoms with E-state index >= 15 is 0 Å². The predicted octanol–water partition coefficient (Wildman–Crippen LogP) is 0.841. The summed E-state index contributed by atoms with van der Waals surface area (Å²) in [7, 11) is 1.51. The zero-order valence-electron chi connectivity index (χ0n) is 11.1. The lowest BCUT2D eigenvalue weighted by Crippen LogP contribution is -2.43. The van der Waals surface area contributed by atoms with Gasteiger partial charge in [-0.25, -0.2) is 0 Å². The Balaban J connectivity index is 2.56. The molecule has 0 radical (unpaired) electrons. The van der Waals surface area contributed by atoms with E-state index in [0.717, 1.165) is 11.3 Å². The van der Waals surface area contributed by atoms with E-state index < -0.39 is 6.04 Å². The van der Waals surface area contributed by atoms with Gasteiger partial charge in [-0.15, -0.1) is 0 Å². The number of benzene rings is 1. The number of carbonyl (C=O) groups is 1. The van der Waals surface area contributed by atoms with E-state index in [1.54, 1.807) is 6.08 Å². The number of amides is 1. The van der Waals surface area contributed by atoms with Crippen molar-refractivity contribution in [3.05, 3.63) is 42.5 Å². The lowest BCUT2D eigenvalue weighted by Gasteiger charge is -2.13. The molecule has 0 bridgehead atoms. The summed E-state index contributed by atoms with van der Waals surface area (Å²) in [5, 5.41) is 2.75. The molecule has 1 unspecified atom stereocenters. The van der Waals surface area contributed by atoms with Gasteiger partial charge in [0.1, 0.15) is 18.4 Å². The summed E-state index contributed by atoms with van der Waals surface area (Å²) in [6.07, 6.45) is 1.67. The van der Waals surface area contributed by atoms with E-state index in [4.69, 9.17) is 15.2 Å². The van der Waals surface area contributed by atoms with Crippen LogP contribution in [0, 0.1) is 0 Å². The Morgan fingerprint density at radius 2 is 2.26 bits per heavy atom. The number of nitrogens with two attached hydrogens (primary N) is 1. The summed E-state index contributed by atoms with van der Waals surface area (Å²) < 4.78 is 10.3. The van der Waals surface area contributed by atoms with Gasteiger partial charge in [-0.05, 0) is 6.07 Å². The minimum Gasteiger partial charge on any atom is -0.489 e. The molecule has 1 rings (SSSR count). The van der Waals surface area contributed by atoms with Crippen LogP contribution in [0.2, 0.25) is 0 Å². The first kappa shape index (κ1) is 15.2. The van der Waals surface area contributed by atoms with Crippen molar-refractivity contribution in [2.75, 3.05) is 20.3 Å². The van der Waals surface area contributed by atoms with Crippen molar-refractivity contribution in [1.82, 2.24) is 5.32 Å². The third kappa shape index (κ3) is 5.11. The van der Waals surface area contributed by atoms with Gasteiger partial charge in [0.2, 0.25) is 5.91 Å². The molecule has 0 aliphatic heterocycles. The fourth-order valence-corrected chi connectivity index (χ4v) is 1.51. The molecule has 0 spiro atoms. The first-order valence-electron chi connectivity index (χ1n) is 6.03. The van der Waals surface area contributed by atoms with Crippen molar-refractivity contribution in [3.8, 4) is 5.75 Å². The van der Waals surface area contributed by atoms with Crippen LogP contribution in [0.4, 0.5) is 0 Å². The molecular formula is C14H20N2O3. The second-order valence-electron chi connectivity index (χ2n) is 3.99. The molecule has 0 saturated heterocycles. The molecule has 0 heterocycles. The molecule has 1 amide bonds. The monoisotopic (exact) mass is 264 g/mol. The highest BCUT2D eigenvalue weighted by molar-refractivity contribution is 5.81. The summed E-state index contributed by atoms with van der Waals surface area (Å²) in [6.45, 7) is 4.58. The number of carbonyl (C=O) groups excluding carboxylic acids is 1. The molecule has 3 N–H and O–H groups in total. The quantitative estimate of drug-likeness (QED) is 0.682. The van der Waals surface area contributed by atoms with Crippen LogP contribution in [-0.4, -0.2) is 32.3 Å². The lowest BCUT2D eigenvalue weighted by molar-refractivity contribution is -0.123. The van der Waals surface area contributed by atoms with Crippen LogP contribution in [-0.2, 0) is 16.1 Å². The van der Waals surface area contributed by atoms with Crippen molar-refractivity contribution >= 4 is 5.91 Å². The van der Waals surface area contributed by atoms with Gasteiger partial charge in [-0.1, -0.05) is 30.9 Å². The highest BCUT2D eigenvalue weighted by Crippen LogP contribution is 2.17. The Morgan fingerprint density at radius 3 is 2.95 bits per heavy atom. The van der Waals surface area contributed by atoms with Crippen molar-refractivity contribution in [3.63, 3.8) is 0 Å². The molecule has 5 heteroatoms. The Hall–Kier alpha value is -1.85. The van der Waals surface area contributed by atoms with Crippen LogP contribution in [0.1, 0.15) is 5.56 Å². The summed E-state index contributed by atoms with van der Waals surface area (Å²) in [5.74, 6) is 0.475. The zero-order chi connectivity index (χ0) is 14.1. The van der Waals surface area contributed by atoms with Crippen molar-refractivity contribution in [2.45, 2.75) is 12.6 Å². The lowest BCUT2D eigenvalue weighted by atomic mass is 10.2. The summed E-state index contributed by atoms with van der Waals surface area (Å²) >= 11 is 0. The molecule has 19 heavy (non-hydrogen) atoms. The Labute approximate surface area is 113 Å². The first-order valence-corrected chi connectivity index (χ1v) is 6.03. The molecule has 1 aromatic rings. The Kier molecular flexibility index (Phi) is 6.63. The van der Waals surface area contributed by atoms with Crippen molar-refractivity contribution in [1.29, 1.82) is 0 Å². The standard InChI is InChI=1S/C14H20N2O3/c1-3-8-19-13-7-5-4-6-11(13)9-16-14(17)12(15)10-18-2/h3-7,12H,1,8-10,15H2,2H3,(H,16,17). The fraction of sp³-hybridized carbons (Fsp3) is 0.357. The minimum absolute atomic E-state index is 0.195. The van der Waals surface area contributed by atoms with E-state index in [1.165, 1.54) is 7.11 Å². The number of methoxy groups -OCH3 is 1. The number of hydrogen-bond acceptors (Lipinski definition) is 4. The number of nitrogens with one attached hydrogen (secondary N) is 1. The average Bonchev–Trinajstić information content (AvgIpc) is 2.43. The summed E-state index contributed by atoms with van der Waals surface area (Å²) in [4.78, 5) is 11.7. The van der Waals surface area contributed by atoms with Gasteiger partial charge in [0.25, 0.3) is 0 Å². The predicted molar refractivity (Wildman–Crippen MR) is 73.8 cm³/mol. The molecule has 0 aliphatic carbocycles. The van der Waals surface area contributed by atoms with Crippen LogP contribution in [0.3, 0.4) is 0 Å². The normalized spacial score (nSPS) is 11.7. The Morgan fingerprint density at radius 1 is 1.53 bits per heavy atom. The Bertz CT molecular complexity index is 421. The summed E-state index contributed by atoms with van der Waals surface area (Å²) in [5.41, 5.74) is 6.52. The molecule has 1 aromatic carbocycles. The van der Waals surface area contributed by atoms with E-state index in [-0.39, 0.29) is 12.5 Å². The van der Waals surface area contributed by atoms with Gasteiger partial charge in [-0.2, -0.15) is 0 Å². The van der Waals surface area contributed by atoms with Gasteiger partial charge >= 0.3 is 0 Å². The van der Waals surface area contributed by atoms with Gasteiger partial charge in [0.15, 0.2) is 0 Å². The second kappa shape index (κ2) is 8.29. The van der Waals surface area contributed by atoms with Crippen LogP contribution in [0.5, 0.6) is 5.75 Å². The number of rotatable bonds is 8.